The van der Waals surface area contributed by atoms with Crippen molar-refractivity contribution in [3.05, 3.63) is 0 Å². The van der Waals surface area contributed by atoms with Gasteiger partial charge in [0.15, 0.2) is 0 Å². The van der Waals surface area contributed by atoms with Gasteiger partial charge in [-0.2, -0.15) is 11.8 Å². The topological polar surface area (TPSA) is 12.0 Å². The quantitative estimate of drug-likeness (QED) is 0.636. The molecule has 1 atom stereocenters. The van der Waals surface area contributed by atoms with E-state index in [-0.39, 0.29) is 0 Å². The highest BCUT2D eigenvalue weighted by Crippen LogP contribution is 2.30. The summed E-state index contributed by atoms with van der Waals surface area (Å²) in [4.78, 5) is 0. The third-order valence-electron chi connectivity index (χ3n) is 2.93. The first-order valence-electron chi connectivity index (χ1n) is 5.55. The summed E-state index contributed by atoms with van der Waals surface area (Å²) >= 11 is 1.94. The minimum absolute atomic E-state index is 0.743. The van der Waals surface area contributed by atoms with Gasteiger partial charge in [0.25, 0.3) is 0 Å². The van der Waals surface area contributed by atoms with Crippen molar-refractivity contribution in [3.8, 4) is 0 Å². The maximum Gasteiger partial charge on any atom is 0.00413 e. The lowest BCUT2D eigenvalue weighted by molar-refractivity contribution is 0.266. The highest BCUT2D eigenvalue weighted by atomic mass is 32.2. The molecule has 1 rings (SSSR count). The van der Waals surface area contributed by atoms with Gasteiger partial charge in [-0.25, -0.2) is 0 Å². The minimum atomic E-state index is 0.743. The largest absolute Gasteiger partial charge is 0.314 e. The van der Waals surface area contributed by atoms with E-state index in [0.29, 0.717) is 0 Å². The first-order chi connectivity index (χ1) is 6.33. The first kappa shape index (κ1) is 11.4. The SMILES string of the molecule is CSCCCNC(C)CC1CCC1. The molecule has 0 heterocycles. The van der Waals surface area contributed by atoms with Crippen molar-refractivity contribution in [2.75, 3.05) is 18.6 Å². The Bertz CT molecular complexity index is 123. The maximum absolute atomic E-state index is 3.60. The van der Waals surface area contributed by atoms with Crippen LogP contribution in [0, 0.1) is 5.92 Å². The van der Waals surface area contributed by atoms with Gasteiger partial charge in [-0.05, 0) is 44.2 Å². The monoisotopic (exact) mass is 201 g/mol. The number of nitrogens with one attached hydrogen (secondary N) is 1. The molecule has 1 nitrogen and oxygen atoms in total. The number of hydrogen-bond donors (Lipinski definition) is 1. The van der Waals surface area contributed by atoms with Crippen LogP contribution in [0.2, 0.25) is 0 Å². The fourth-order valence-corrected chi connectivity index (χ4v) is 2.31. The lowest BCUT2D eigenvalue weighted by Crippen LogP contribution is -2.31. The molecular weight excluding hydrogens is 178 g/mol. The van der Waals surface area contributed by atoms with Crippen molar-refractivity contribution < 1.29 is 0 Å². The Labute approximate surface area is 87.1 Å². The van der Waals surface area contributed by atoms with E-state index in [0.717, 1.165) is 12.0 Å². The third kappa shape index (κ3) is 4.92. The second-order valence-electron chi connectivity index (χ2n) is 4.23. The summed E-state index contributed by atoms with van der Waals surface area (Å²) in [6, 6.07) is 0.743. The highest BCUT2D eigenvalue weighted by Gasteiger charge is 2.19. The van der Waals surface area contributed by atoms with Gasteiger partial charge < -0.3 is 5.32 Å². The molecule has 0 aromatic carbocycles. The van der Waals surface area contributed by atoms with E-state index in [2.05, 4.69) is 18.5 Å². The van der Waals surface area contributed by atoms with Crippen molar-refractivity contribution >= 4 is 11.8 Å². The Morgan fingerprint density at radius 1 is 1.46 bits per heavy atom. The second kappa shape index (κ2) is 6.72. The molecule has 0 aliphatic heterocycles. The van der Waals surface area contributed by atoms with Gasteiger partial charge in [0.2, 0.25) is 0 Å². The average molecular weight is 201 g/mol. The molecular formula is C11H23NS. The highest BCUT2D eigenvalue weighted by molar-refractivity contribution is 7.98. The summed E-state index contributed by atoms with van der Waals surface area (Å²) in [5.74, 6) is 2.34. The number of thioether (sulfide) groups is 1. The van der Waals surface area contributed by atoms with E-state index in [1.165, 1.54) is 44.4 Å². The molecule has 13 heavy (non-hydrogen) atoms. The van der Waals surface area contributed by atoms with E-state index in [1.54, 1.807) is 0 Å². The van der Waals surface area contributed by atoms with Crippen LogP contribution in [0.5, 0.6) is 0 Å². The Balaban J connectivity index is 1.87. The van der Waals surface area contributed by atoms with Crippen LogP contribution in [0.3, 0.4) is 0 Å². The fourth-order valence-electron chi connectivity index (χ4n) is 1.88. The van der Waals surface area contributed by atoms with Gasteiger partial charge in [-0.1, -0.05) is 19.3 Å². The maximum atomic E-state index is 3.60. The summed E-state index contributed by atoms with van der Waals surface area (Å²) in [5.41, 5.74) is 0. The molecule has 0 bridgehead atoms. The van der Waals surface area contributed by atoms with Crippen LogP contribution >= 0.6 is 11.8 Å². The van der Waals surface area contributed by atoms with Crippen LogP contribution in [0.25, 0.3) is 0 Å². The Hall–Kier alpha value is 0.310. The van der Waals surface area contributed by atoms with Crippen molar-refractivity contribution in [2.24, 2.45) is 5.92 Å². The molecule has 78 valence electrons. The smallest absolute Gasteiger partial charge is 0.00413 e. The van der Waals surface area contributed by atoms with E-state index < -0.39 is 0 Å². The van der Waals surface area contributed by atoms with Crippen molar-refractivity contribution in [2.45, 2.75) is 45.1 Å². The van der Waals surface area contributed by atoms with Gasteiger partial charge in [-0.3, -0.25) is 0 Å². The van der Waals surface area contributed by atoms with Crippen LogP contribution in [0.15, 0.2) is 0 Å². The Morgan fingerprint density at radius 3 is 2.77 bits per heavy atom. The molecule has 0 spiro atoms. The van der Waals surface area contributed by atoms with Crippen LogP contribution < -0.4 is 5.32 Å². The molecule has 0 aromatic rings. The summed E-state index contributed by atoms with van der Waals surface area (Å²) < 4.78 is 0. The van der Waals surface area contributed by atoms with Gasteiger partial charge >= 0.3 is 0 Å². The molecule has 0 saturated heterocycles. The molecule has 1 saturated carbocycles. The first-order valence-corrected chi connectivity index (χ1v) is 6.94. The van der Waals surface area contributed by atoms with Crippen LogP contribution in [-0.4, -0.2) is 24.6 Å². The fraction of sp³-hybridized carbons (Fsp3) is 1.00. The molecule has 1 fully saturated rings. The molecule has 0 radical (unpaired) electrons. The summed E-state index contributed by atoms with van der Waals surface area (Å²) in [5, 5.41) is 3.60. The van der Waals surface area contributed by atoms with Crippen LogP contribution in [0.1, 0.15) is 39.0 Å². The zero-order chi connectivity index (χ0) is 9.52. The molecule has 0 aromatic heterocycles. The van der Waals surface area contributed by atoms with Gasteiger partial charge in [-0.15, -0.1) is 0 Å². The zero-order valence-corrected chi connectivity index (χ0v) is 9.83. The van der Waals surface area contributed by atoms with Gasteiger partial charge in [0, 0.05) is 6.04 Å². The zero-order valence-electron chi connectivity index (χ0n) is 9.01. The second-order valence-corrected chi connectivity index (χ2v) is 5.22. The predicted molar refractivity (Wildman–Crippen MR) is 62.4 cm³/mol. The van der Waals surface area contributed by atoms with E-state index >= 15 is 0 Å². The molecule has 1 unspecified atom stereocenters. The van der Waals surface area contributed by atoms with Crippen molar-refractivity contribution in [1.29, 1.82) is 0 Å². The number of rotatable bonds is 7. The average Bonchev–Trinajstić information content (AvgIpc) is 2.06. The van der Waals surface area contributed by atoms with E-state index in [9.17, 15) is 0 Å². The third-order valence-corrected chi connectivity index (χ3v) is 3.63. The summed E-state index contributed by atoms with van der Waals surface area (Å²) in [6.07, 6.45) is 9.34. The summed E-state index contributed by atoms with van der Waals surface area (Å²) in [6.45, 7) is 3.53. The van der Waals surface area contributed by atoms with E-state index in [1.807, 2.05) is 11.8 Å². The summed E-state index contributed by atoms with van der Waals surface area (Å²) in [7, 11) is 0. The normalized spacial score (nSPS) is 19.8. The minimum Gasteiger partial charge on any atom is -0.314 e. The van der Waals surface area contributed by atoms with Crippen molar-refractivity contribution in [1.82, 2.24) is 5.32 Å². The standard InChI is InChI=1S/C11H23NS/c1-10(9-11-5-3-6-11)12-7-4-8-13-2/h10-12H,3-9H2,1-2H3. The van der Waals surface area contributed by atoms with Gasteiger partial charge in [0.1, 0.15) is 0 Å². The number of hydrogen-bond acceptors (Lipinski definition) is 2. The Morgan fingerprint density at radius 2 is 2.23 bits per heavy atom. The lowest BCUT2D eigenvalue weighted by Gasteiger charge is -2.28. The lowest BCUT2D eigenvalue weighted by atomic mass is 9.81. The molecule has 1 aliphatic carbocycles. The molecule has 0 amide bonds. The van der Waals surface area contributed by atoms with Crippen LogP contribution in [-0.2, 0) is 0 Å². The van der Waals surface area contributed by atoms with Crippen molar-refractivity contribution in [3.63, 3.8) is 0 Å². The molecule has 1 N–H and O–H groups in total. The molecule has 2 heteroatoms. The van der Waals surface area contributed by atoms with E-state index in [4.69, 9.17) is 0 Å². The predicted octanol–water partition coefficient (Wildman–Crippen LogP) is 2.91. The van der Waals surface area contributed by atoms with Gasteiger partial charge in [0.05, 0.1) is 0 Å². The molecule has 1 aliphatic rings. The Kier molecular flexibility index (Phi) is 5.88. The van der Waals surface area contributed by atoms with Crippen LogP contribution in [0.4, 0.5) is 0 Å².